The summed E-state index contributed by atoms with van der Waals surface area (Å²) in [5.41, 5.74) is 4.14. The lowest BCUT2D eigenvalue weighted by molar-refractivity contribution is 0.0953. The third kappa shape index (κ3) is 3.86. The Kier molecular flexibility index (Phi) is 5.17. The molecule has 4 nitrogen and oxygen atoms in total. The van der Waals surface area contributed by atoms with Crippen LogP contribution in [0.15, 0.2) is 43.1 Å². The lowest BCUT2D eigenvalue weighted by Gasteiger charge is -2.12. The quantitative estimate of drug-likeness (QED) is 0.820. The summed E-state index contributed by atoms with van der Waals surface area (Å²) < 4.78 is 0. The molecule has 2 N–H and O–H groups in total. The molecule has 1 amide bonds. The van der Waals surface area contributed by atoms with Gasteiger partial charge in [-0.05, 0) is 43.2 Å². The average Bonchev–Trinajstić information content (AvgIpc) is 2.49. The molecule has 1 heterocycles. The molecule has 2 rings (SSSR count). The van der Waals surface area contributed by atoms with Crippen molar-refractivity contribution >= 4 is 28.9 Å². The summed E-state index contributed by atoms with van der Waals surface area (Å²) in [5, 5.41) is 6.57. The summed E-state index contributed by atoms with van der Waals surface area (Å²) in [6.45, 7) is 7.96. The monoisotopic (exact) mass is 315 g/mol. The van der Waals surface area contributed by atoms with E-state index in [1.54, 1.807) is 24.4 Å². The first-order chi connectivity index (χ1) is 10.5. The molecule has 0 bridgehead atoms. The largest absolute Gasteiger partial charge is 0.353 e. The van der Waals surface area contributed by atoms with Gasteiger partial charge in [-0.1, -0.05) is 23.7 Å². The van der Waals surface area contributed by atoms with Crippen LogP contribution in [-0.4, -0.2) is 17.4 Å². The number of hydrogen-bond donors (Lipinski definition) is 2. The normalized spacial score (nSPS) is 10.1. The average molecular weight is 316 g/mol. The smallest absolute Gasteiger partial charge is 0.270 e. The fraction of sp³-hybridized carbons (Fsp3) is 0.176. The van der Waals surface area contributed by atoms with Crippen LogP contribution in [0.5, 0.6) is 0 Å². The summed E-state index contributed by atoms with van der Waals surface area (Å²) in [5.74, 6) is -0.226. The van der Waals surface area contributed by atoms with E-state index in [0.29, 0.717) is 17.3 Å². The van der Waals surface area contributed by atoms with Gasteiger partial charge in [-0.15, -0.1) is 6.58 Å². The van der Waals surface area contributed by atoms with Gasteiger partial charge in [0.25, 0.3) is 5.91 Å². The highest BCUT2D eigenvalue weighted by atomic mass is 35.5. The number of carbonyl (C=O) groups excluding carboxylic acids is 1. The number of nitrogens with one attached hydrogen (secondary N) is 2. The molecule has 0 fully saturated rings. The zero-order valence-electron chi connectivity index (χ0n) is 12.6. The SMILES string of the molecule is C=CCNC(=O)c1ccc(Nc2c(C)cc(C)cc2Cl)cn1. The highest BCUT2D eigenvalue weighted by molar-refractivity contribution is 6.33. The second-order valence-corrected chi connectivity index (χ2v) is 5.40. The lowest BCUT2D eigenvalue weighted by atomic mass is 10.1. The van der Waals surface area contributed by atoms with Crippen molar-refractivity contribution in [1.82, 2.24) is 10.3 Å². The van der Waals surface area contributed by atoms with Gasteiger partial charge in [-0.3, -0.25) is 4.79 Å². The molecule has 22 heavy (non-hydrogen) atoms. The fourth-order valence-electron chi connectivity index (χ4n) is 2.08. The van der Waals surface area contributed by atoms with Crippen molar-refractivity contribution in [2.24, 2.45) is 0 Å². The Balaban J connectivity index is 2.15. The van der Waals surface area contributed by atoms with Crippen LogP contribution < -0.4 is 10.6 Å². The second kappa shape index (κ2) is 7.09. The minimum absolute atomic E-state index is 0.226. The van der Waals surface area contributed by atoms with Gasteiger partial charge >= 0.3 is 0 Å². The summed E-state index contributed by atoms with van der Waals surface area (Å²) in [6.07, 6.45) is 3.23. The molecule has 0 aliphatic carbocycles. The zero-order chi connectivity index (χ0) is 16.1. The molecular formula is C17H18ClN3O. The summed E-state index contributed by atoms with van der Waals surface area (Å²) in [6, 6.07) is 7.42. The summed E-state index contributed by atoms with van der Waals surface area (Å²) >= 11 is 6.27. The number of anilines is 2. The van der Waals surface area contributed by atoms with E-state index in [1.807, 2.05) is 19.9 Å². The number of rotatable bonds is 5. The maximum Gasteiger partial charge on any atom is 0.270 e. The number of halogens is 1. The number of carbonyl (C=O) groups is 1. The van der Waals surface area contributed by atoms with Crippen molar-refractivity contribution in [3.63, 3.8) is 0 Å². The van der Waals surface area contributed by atoms with E-state index in [1.165, 1.54) is 0 Å². The second-order valence-electron chi connectivity index (χ2n) is 4.99. The third-order valence-corrected chi connectivity index (χ3v) is 3.40. The highest BCUT2D eigenvalue weighted by Crippen LogP contribution is 2.30. The van der Waals surface area contributed by atoms with Crippen LogP contribution in [0.4, 0.5) is 11.4 Å². The van der Waals surface area contributed by atoms with Crippen LogP contribution in [0.2, 0.25) is 5.02 Å². The van der Waals surface area contributed by atoms with Gasteiger partial charge in [-0.2, -0.15) is 0 Å². The van der Waals surface area contributed by atoms with E-state index in [0.717, 1.165) is 22.5 Å². The number of aromatic nitrogens is 1. The molecule has 1 aromatic carbocycles. The molecule has 0 atom stereocenters. The van der Waals surface area contributed by atoms with Gasteiger partial charge < -0.3 is 10.6 Å². The standard InChI is InChI=1S/C17H18ClN3O/c1-4-7-19-17(22)15-6-5-13(10-20-15)21-16-12(3)8-11(2)9-14(16)18/h4-6,8-10,21H,1,7H2,2-3H3,(H,19,22). The molecule has 114 valence electrons. The third-order valence-electron chi connectivity index (χ3n) is 3.10. The highest BCUT2D eigenvalue weighted by Gasteiger charge is 2.08. The van der Waals surface area contributed by atoms with Gasteiger partial charge in [-0.25, -0.2) is 4.98 Å². The van der Waals surface area contributed by atoms with Crippen molar-refractivity contribution in [3.8, 4) is 0 Å². The van der Waals surface area contributed by atoms with Crippen molar-refractivity contribution in [2.45, 2.75) is 13.8 Å². The predicted octanol–water partition coefficient (Wildman–Crippen LogP) is 4.01. The van der Waals surface area contributed by atoms with Crippen LogP contribution in [0.1, 0.15) is 21.6 Å². The molecule has 0 aliphatic rings. The molecule has 0 unspecified atom stereocenters. The van der Waals surface area contributed by atoms with Gasteiger partial charge in [0, 0.05) is 6.54 Å². The Morgan fingerprint density at radius 3 is 2.73 bits per heavy atom. The van der Waals surface area contributed by atoms with E-state index in [-0.39, 0.29) is 5.91 Å². The van der Waals surface area contributed by atoms with Crippen molar-refractivity contribution in [2.75, 3.05) is 11.9 Å². The fourth-order valence-corrected chi connectivity index (χ4v) is 2.44. The Hall–Kier alpha value is -2.33. The van der Waals surface area contributed by atoms with Crippen molar-refractivity contribution in [1.29, 1.82) is 0 Å². The maximum absolute atomic E-state index is 11.8. The van der Waals surface area contributed by atoms with Gasteiger partial charge in [0.05, 0.1) is 22.6 Å². The summed E-state index contributed by atoms with van der Waals surface area (Å²) in [4.78, 5) is 15.9. The Morgan fingerprint density at radius 1 is 1.36 bits per heavy atom. The predicted molar refractivity (Wildman–Crippen MR) is 91.0 cm³/mol. The number of hydrogen-bond acceptors (Lipinski definition) is 3. The van der Waals surface area contributed by atoms with Crippen LogP contribution in [0.25, 0.3) is 0 Å². The van der Waals surface area contributed by atoms with Crippen LogP contribution in [0.3, 0.4) is 0 Å². The van der Waals surface area contributed by atoms with E-state index in [4.69, 9.17) is 11.6 Å². The van der Waals surface area contributed by atoms with Crippen molar-refractivity contribution < 1.29 is 4.79 Å². The van der Waals surface area contributed by atoms with Crippen LogP contribution in [-0.2, 0) is 0 Å². The van der Waals surface area contributed by atoms with E-state index in [2.05, 4.69) is 28.3 Å². The lowest BCUT2D eigenvalue weighted by Crippen LogP contribution is -2.24. The number of amides is 1. The van der Waals surface area contributed by atoms with Crippen LogP contribution >= 0.6 is 11.6 Å². The first-order valence-corrected chi connectivity index (χ1v) is 7.28. The molecule has 0 saturated heterocycles. The molecule has 5 heteroatoms. The minimum Gasteiger partial charge on any atom is -0.353 e. The minimum atomic E-state index is -0.226. The molecule has 0 radical (unpaired) electrons. The van der Waals surface area contributed by atoms with E-state index < -0.39 is 0 Å². The van der Waals surface area contributed by atoms with Gasteiger partial charge in [0.2, 0.25) is 0 Å². The molecule has 0 saturated carbocycles. The van der Waals surface area contributed by atoms with E-state index in [9.17, 15) is 4.79 Å². The Labute approximate surface area is 135 Å². The number of aryl methyl sites for hydroxylation is 2. The molecule has 0 spiro atoms. The molecule has 0 aliphatic heterocycles. The zero-order valence-corrected chi connectivity index (χ0v) is 13.4. The number of benzene rings is 1. The van der Waals surface area contributed by atoms with Gasteiger partial charge in [0.1, 0.15) is 5.69 Å². The number of pyridine rings is 1. The molecule has 2 aromatic rings. The first-order valence-electron chi connectivity index (χ1n) is 6.90. The molecular weight excluding hydrogens is 298 g/mol. The Morgan fingerprint density at radius 2 is 2.14 bits per heavy atom. The van der Waals surface area contributed by atoms with Crippen molar-refractivity contribution in [3.05, 3.63) is 65.0 Å². The van der Waals surface area contributed by atoms with Gasteiger partial charge in [0.15, 0.2) is 0 Å². The molecule has 1 aromatic heterocycles. The maximum atomic E-state index is 11.8. The Bertz CT molecular complexity index is 673. The topological polar surface area (TPSA) is 54.0 Å². The van der Waals surface area contributed by atoms with E-state index >= 15 is 0 Å². The summed E-state index contributed by atoms with van der Waals surface area (Å²) in [7, 11) is 0. The number of nitrogens with zero attached hydrogens (tertiary/aromatic N) is 1. The first kappa shape index (κ1) is 16.0. The van der Waals surface area contributed by atoms with Crippen LogP contribution in [0, 0.1) is 13.8 Å².